The summed E-state index contributed by atoms with van der Waals surface area (Å²) < 4.78 is 18.6. The van der Waals surface area contributed by atoms with E-state index in [1.807, 2.05) is 30.3 Å². The van der Waals surface area contributed by atoms with Crippen LogP contribution < -0.4 is 15.0 Å². The molecule has 3 aromatic carbocycles. The number of carbonyl (C=O) groups is 1. The van der Waals surface area contributed by atoms with E-state index >= 15 is 0 Å². The molecule has 0 aliphatic carbocycles. The summed E-state index contributed by atoms with van der Waals surface area (Å²) in [5.74, 6) is 0.129. The molecule has 0 saturated carbocycles. The number of rotatable bonds is 8. The van der Waals surface area contributed by atoms with Crippen molar-refractivity contribution in [3.63, 3.8) is 0 Å². The van der Waals surface area contributed by atoms with Gasteiger partial charge in [0.25, 0.3) is 5.69 Å². The van der Waals surface area contributed by atoms with Crippen molar-refractivity contribution in [2.24, 2.45) is 5.92 Å². The smallest absolute Gasteiger partial charge is 0.269 e. The number of benzene rings is 3. The molecule has 9 heteroatoms. The Morgan fingerprint density at radius 1 is 1.08 bits per heavy atom. The molecule has 38 heavy (non-hydrogen) atoms. The number of non-ortho nitro benzene ring substituents is 1. The number of nitrogens with one attached hydrogen (secondary N) is 1. The summed E-state index contributed by atoms with van der Waals surface area (Å²) in [7, 11) is 1.63. The Morgan fingerprint density at radius 3 is 2.53 bits per heavy atom. The topological polar surface area (TPSA) is 87.9 Å². The number of carbonyl (C=O) groups excluding carboxylic acids is 1. The number of nitro benzene ring substituents is 1. The predicted octanol–water partition coefficient (Wildman–Crippen LogP) is 3.96. The molecule has 0 unspecified atom stereocenters. The normalized spacial score (nSPS) is 18.8. The Balaban J connectivity index is 1.32. The number of nitrogens with zero attached hydrogens (tertiary/aromatic N) is 3. The van der Waals surface area contributed by atoms with Gasteiger partial charge in [-0.25, -0.2) is 4.39 Å². The lowest BCUT2D eigenvalue weighted by Gasteiger charge is -2.49. The average molecular weight is 519 g/mol. The van der Waals surface area contributed by atoms with E-state index in [0.717, 1.165) is 34.7 Å². The van der Waals surface area contributed by atoms with Crippen LogP contribution >= 0.6 is 0 Å². The molecule has 2 heterocycles. The van der Waals surface area contributed by atoms with Crippen LogP contribution in [0.1, 0.15) is 16.7 Å². The van der Waals surface area contributed by atoms with E-state index < -0.39 is 4.92 Å². The van der Waals surface area contributed by atoms with Crippen LogP contribution in [0, 0.1) is 21.8 Å². The number of fused-ring (bicyclic) bond motifs is 3. The fraction of sp³-hybridized carbons (Fsp3) is 0.345. The molecule has 1 amide bonds. The third-order valence-electron chi connectivity index (χ3n) is 7.52. The molecule has 0 aromatic heterocycles. The van der Waals surface area contributed by atoms with Crippen LogP contribution in [0.15, 0.2) is 66.7 Å². The van der Waals surface area contributed by atoms with Crippen LogP contribution in [0.5, 0.6) is 5.75 Å². The lowest BCUT2D eigenvalue weighted by Crippen LogP contribution is -2.61. The number of hydrogen-bond donors (Lipinski definition) is 1. The molecule has 1 fully saturated rings. The van der Waals surface area contributed by atoms with Gasteiger partial charge in [-0.3, -0.25) is 19.8 Å². The second kappa shape index (κ2) is 11.2. The van der Waals surface area contributed by atoms with Gasteiger partial charge in [-0.2, -0.15) is 0 Å². The molecule has 0 spiro atoms. The summed E-state index contributed by atoms with van der Waals surface area (Å²) in [6.07, 6.45) is 1.13. The number of methoxy groups -OCH3 is 1. The molecule has 1 N–H and O–H groups in total. The molecule has 198 valence electrons. The van der Waals surface area contributed by atoms with Gasteiger partial charge in [0.1, 0.15) is 11.6 Å². The van der Waals surface area contributed by atoms with Crippen LogP contribution in [0.2, 0.25) is 0 Å². The van der Waals surface area contributed by atoms with Crippen molar-refractivity contribution in [1.82, 2.24) is 10.2 Å². The van der Waals surface area contributed by atoms with Crippen LogP contribution in [0.4, 0.5) is 15.8 Å². The van der Waals surface area contributed by atoms with Crippen molar-refractivity contribution in [2.45, 2.75) is 25.4 Å². The quantitative estimate of drug-likeness (QED) is 0.359. The summed E-state index contributed by atoms with van der Waals surface area (Å²) in [5.41, 5.74) is 3.95. The maximum atomic E-state index is 13.5. The largest absolute Gasteiger partial charge is 0.497 e. The summed E-state index contributed by atoms with van der Waals surface area (Å²) in [6, 6.07) is 19.2. The fourth-order valence-corrected chi connectivity index (χ4v) is 5.53. The first-order valence-electron chi connectivity index (χ1n) is 12.8. The summed E-state index contributed by atoms with van der Waals surface area (Å²) in [6.45, 7) is 3.31. The molecule has 2 atom stereocenters. The van der Waals surface area contributed by atoms with Crippen LogP contribution in [0.3, 0.4) is 0 Å². The SMILES string of the molecule is COc1ccc(CCNC(=O)[C@H]2Cc3cc([N+](=O)[O-])ccc3N3CCN(Cc4ccc(F)cc4)C[C@H]23)cc1. The Morgan fingerprint density at radius 2 is 1.82 bits per heavy atom. The highest BCUT2D eigenvalue weighted by molar-refractivity contribution is 5.82. The zero-order valence-electron chi connectivity index (χ0n) is 21.3. The number of halogens is 1. The Hall–Kier alpha value is -3.98. The van der Waals surface area contributed by atoms with Crippen LogP contribution in [-0.4, -0.2) is 55.1 Å². The van der Waals surface area contributed by atoms with Gasteiger partial charge in [-0.1, -0.05) is 24.3 Å². The van der Waals surface area contributed by atoms with E-state index in [0.29, 0.717) is 39.0 Å². The molecule has 1 saturated heterocycles. The van der Waals surface area contributed by atoms with E-state index in [9.17, 15) is 19.3 Å². The predicted molar refractivity (Wildman–Crippen MR) is 143 cm³/mol. The number of amides is 1. The van der Waals surface area contributed by atoms with Gasteiger partial charge in [0, 0.05) is 50.5 Å². The van der Waals surface area contributed by atoms with E-state index in [-0.39, 0.29) is 29.4 Å². The zero-order chi connectivity index (χ0) is 26.6. The molecule has 0 bridgehead atoms. The molecule has 2 aliphatic heterocycles. The standard InChI is InChI=1S/C29H31FN4O4/c1-38-25-9-4-20(5-10-25)12-13-31-29(35)26-17-22-16-24(34(36)37)8-11-27(22)33-15-14-32(19-28(26)33)18-21-2-6-23(30)7-3-21/h2-11,16,26,28H,12-15,17-19H2,1H3,(H,31,35)/t26-,28+/m0/s1. The Bertz CT molecular complexity index is 1300. The highest BCUT2D eigenvalue weighted by atomic mass is 19.1. The van der Waals surface area contributed by atoms with Gasteiger partial charge in [0.2, 0.25) is 5.91 Å². The lowest BCUT2D eigenvalue weighted by atomic mass is 9.83. The van der Waals surface area contributed by atoms with Crippen molar-refractivity contribution in [3.8, 4) is 5.75 Å². The first-order valence-corrected chi connectivity index (χ1v) is 12.8. The molecule has 0 radical (unpaired) electrons. The van der Waals surface area contributed by atoms with Crippen molar-refractivity contribution < 1.29 is 18.8 Å². The molecule has 5 rings (SSSR count). The molecule has 2 aliphatic rings. The van der Waals surface area contributed by atoms with Crippen molar-refractivity contribution in [3.05, 3.63) is 99.4 Å². The molecule has 8 nitrogen and oxygen atoms in total. The summed E-state index contributed by atoms with van der Waals surface area (Å²) in [5, 5.41) is 14.5. The monoisotopic (exact) mass is 518 g/mol. The first-order chi connectivity index (χ1) is 18.4. The van der Waals surface area contributed by atoms with E-state index in [4.69, 9.17) is 4.74 Å². The third-order valence-corrected chi connectivity index (χ3v) is 7.52. The van der Waals surface area contributed by atoms with Crippen LogP contribution in [-0.2, 0) is 24.2 Å². The van der Waals surface area contributed by atoms with Gasteiger partial charge in [-0.05, 0) is 59.9 Å². The second-order valence-corrected chi connectivity index (χ2v) is 9.89. The average Bonchev–Trinajstić information content (AvgIpc) is 2.93. The van der Waals surface area contributed by atoms with E-state index in [1.165, 1.54) is 18.2 Å². The van der Waals surface area contributed by atoms with E-state index in [1.54, 1.807) is 25.3 Å². The van der Waals surface area contributed by atoms with E-state index in [2.05, 4.69) is 15.1 Å². The third kappa shape index (κ3) is 5.62. The number of ether oxygens (including phenoxy) is 1. The van der Waals surface area contributed by atoms with Crippen LogP contribution in [0.25, 0.3) is 0 Å². The Kier molecular flexibility index (Phi) is 7.55. The molecule has 3 aromatic rings. The lowest BCUT2D eigenvalue weighted by molar-refractivity contribution is -0.384. The van der Waals surface area contributed by atoms with Gasteiger partial charge < -0.3 is 15.0 Å². The molecular weight excluding hydrogens is 487 g/mol. The van der Waals surface area contributed by atoms with Gasteiger partial charge in [-0.15, -0.1) is 0 Å². The van der Waals surface area contributed by atoms with Crippen molar-refractivity contribution >= 4 is 17.3 Å². The maximum absolute atomic E-state index is 13.5. The minimum absolute atomic E-state index is 0.0378. The summed E-state index contributed by atoms with van der Waals surface area (Å²) in [4.78, 5) is 29.1. The van der Waals surface area contributed by atoms with Crippen molar-refractivity contribution in [2.75, 3.05) is 38.2 Å². The number of hydrogen-bond acceptors (Lipinski definition) is 6. The Labute approximate surface area is 221 Å². The highest BCUT2D eigenvalue weighted by Crippen LogP contribution is 2.38. The first kappa shape index (κ1) is 25.7. The fourth-order valence-electron chi connectivity index (χ4n) is 5.53. The van der Waals surface area contributed by atoms with Gasteiger partial charge >= 0.3 is 0 Å². The minimum atomic E-state index is -0.392. The number of anilines is 1. The minimum Gasteiger partial charge on any atom is -0.497 e. The number of piperazine rings is 1. The molecular formula is C29H31FN4O4. The highest BCUT2D eigenvalue weighted by Gasteiger charge is 2.41. The van der Waals surface area contributed by atoms with Gasteiger partial charge in [0.15, 0.2) is 0 Å². The maximum Gasteiger partial charge on any atom is 0.269 e. The summed E-state index contributed by atoms with van der Waals surface area (Å²) >= 11 is 0. The van der Waals surface area contributed by atoms with Crippen molar-refractivity contribution in [1.29, 1.82) is 0 Å². The number of nitro groups is 1. The van der Waals surface area contributed by atoms with Gasteiger partial charge in [0.05, 0.1) is 24.0 Å². The zero-order valence-corrected chi connectivity index (χ0v) is 21.3. The second-order valence-electron chi connectivity index (χ2n) is 9.89.